The van der Waals surface area contributed by atoms with E-state index in [2.05, 4.69) is 22.1 Å². The highest BCUT2D eigenvalue weighted by Gasteiger charge is 2.39. The maximum Gasteiger partial charge on any atom is 0.254 e. The van der Waals surface area contributed by atoms with E-state index in [0.717, 1.165) is 24.3 Å². The second-order valence-electron chi connectivity index (χ2n) is 6.51. The quantitative estimate of drug-likeness (QED) is 0.738. The Labute approximate surface area is 149 Å². The maximum absolute atomic E-state index is 12.3. The van der Waals surface area contributed by atoms with Gasteiger partial charge in [-0.05, 0) is 24.1 Å². The Kier molecular flexibility index (Phi) is 5.68. The van der Waals surface area contributed by atoms with Crippen LogP contribution in [0.3, 0.4) is 0 Å². The summed E-state index contributed by atoms with van der Waals surface area (Å²) in [7, 11) is 1.65. The minimum Gasteiger partial charge on any atom is -0.497 e. The molecule has 134 valence electrons. The SMILES string of the molecule is CCCCCCN1C=NC2C(=O)NC(Cc3ccc(OC)cc3)=NC21. The molecule has 0 saturated heterocycles. The summed E-state index contributed by atoms with van der Waals surface area (Å²) < 4.78 is 5.18. The largest absolute Gasteiger partial charge is 0.497 e. The summed E-state index contributed by atoms with van der Waals surface area (Å²) in [6.45, 7) is 3.10. The Hall–Kier alpha value is -2.37. The van der Waals surface area contributed by atoms with Gasteiger partial charge >= 0.3 is 0 Å². The molecule has 1 amide bonds. The molecule has 0 radical (unpaired) electrons. The number of carbonyl (C=O) groups excluding carboxylic acids is 1. The summed E-state index contributed by atoms with van der Waals surface area (Å²) in [6.07, 6.45) is 6.96. The van der Waals surface area contributed by atoms with Crippen molar-refractivity contribution in [1.82, 2.24) is 10.2 Å². The van der Waals surface area contributed by atoms with E-state index in [9.17, 15) is 4.79 Å². The fraction of sp³-hybridized carbons (Fsp3) is 0.526. The predicted octanol–water partition coefficient (Wildman–Crippen LogP) is 2.38. The highest BCUT2D eigenvalue weighted by atomic mass is 16.5. The number of aliphatic imine (C=N–C) groups is 2. The van der Waals surface area contributed by atoms with Crippen LogP contribution < -0.4 is 10.1 Å². The van der Waals surface area contributed by atoms with Gasteiger partial charge in [-0.25, -0.2) is 4.99 Å². The maximum atomic E-state index is 12.3. The third-order valence-corrected chi connectivity index (χ3v) is 4.62. The summed E-state index contributed by atoms with van der Waals surface area (Å²) >= 11 is 0. The fourth-order valence-electron chi connectivity index (χ4n) is 3.18. The highest BCUT2D eigenvalue weighted by Crippen LogP contribution is 2.21. The topological polar surface area (TPSA) is 66.3 Å². The van der Waals surface area contributed by atoms with E-state index in [0.29, 0.717) is 12.3 Å². The number of hydrogen-bond acceptors (Lipinski definition) is 5. The summed E-state index contributed by atoms with van der Waals surface area (Å²) in [5.74, 6) is 1.47. The van der Waals surface area contributed by atoms with Crippen molar-refractivity contribution in [2.45, 2.75) is 51.2 Å². The van der Waals surface area contributed by atoms with Gasteiger partial charge in [0.2, 0.25) is 0 Å². The van der Waals surface area contributed by atoms with Crippen molar-refractivity contribution in [3.8, 4) is 5.75 Å². The Morgan fingerprint density at radius 2 is 2.00 bits per heavy atom. The smallest absolute Gasteiger partial charge is 0.254 e. The lowest BCUT2D eigenvalue weighted by molar-refractivity contribution is -0.122. The molecule has 1 N–H and O–H groups in total. The van der Waals surface area contributed by atoms with Gasteiger partial charge in [0.25, 0.3) is 5.91 Å². The van der Waals surface area contributed by atoms with Crippen LogP contribution in [0.1, 0.15) is 38.2 Å². The Morgan fingerprint density at radius 1 is 1.20 bits per heavy atom. The van der Waals surface area contributed by atoms with Gasteiger partial charge in [0.1, 0.15) is 11.6 Å². The molecule has 6 heteroatoms. The molecule has 2 unspecified atom stereocenters. The van der Waals surface area contributed by atoms with Gasteiger partial charge in [-0.1, -0.05) is 38.3 Å². The molecular weight excluding hydrogens is 316 g/mol. The average molecular weight is 342 g/mol. The second kappa shape index (κ2) is 8.14. The molecule has 0 spiro atoms. The van der Waals surface area contributed by atoms with Gasteiger partial charge in [0.05, 0.1) is 13.4 Å². The van der Waals surface area contributed by atoms with Crippen LogP contribution in [0.5, 0.6) is 5.75 Å². The van der Waals surface area contributed by atoms with Crippen LogP contribution >= 0.6 is 0 Å². The van der Waals surface area contributed by atoms with E-state index >= 15 is 0 Å². The molecule has 1 aromatic carbocycles. The number of carbonyl (C=O) groups is 1. The minimum atomic E-state index is -0.411. The van der Waals surface area contributed by atoms with Crippen LogP contribution in [0.4, 0.5) is 0 Å². The first-order valence-corrected chi connectivity index (χ1v) is 9.00. The number of amides is 1. The molecular formula is C19H26N4O2. The van der Waals surface area contributed by atoms with E-state index in [-0.39, 0.29) is 12.1 Å². The predicted molar refractivity (Wildman–Crippen MR) is 99.2 cm³/mol. The fourth-order valence-corrected chi connectivity index (χ4v) is 3.18. The lowest BCUT2D eigenvalue weighted by Gasteiger charge is -2.29. The molecule has 2 aliphatic heterocycles. The molecule has 3 rings (SSSR count). The van der Waals surface area contributed by atoms with Crippen molar-refractivity contribution in [2.24, 2.45) is 9.98 Å². The lowest BCUT2D eigenvalue weighted by Crippen LogP contribution is -2.51. The van der Waals surface area contributed by atoms with Crippen LogP contribution in [-0.4, -0.2) is 48.8 Å². The number of rotatable bonds is 8. The molecule has 25 heavy (non-hydrogen) atoms. The standard InChI is InChI=1S/C19H26N4O2/c1-3-4-5-6-11-23-13-20-17-18(23)21-16(22-19(17)24)12-14-7-9-15(25-2)10-8-14/h7-10,13,17-18H,3-6,11-12H2,1-2H3,(H,21,22,24). The number of nitrogens with one attached hydrogen (secondary N) is 1. The lowest BCUT2D eigenvalue weighted by atomic mass is 10.1. The highest BCUT2D eigenvalue weighted by molar-refractivity contribution is 6.04. The number of fused-ring (bicyclic) bond motifs is 1. The summed E-state index contributed by atoms with van der Waals surface area (Å²) in [6, 6.07) is 7.41. The van der Waals surface area contributed by atoms with Crippen molar-refractivity contribution in [2.75, 3.05) is 13.7 Å². The van der Waals surface area contributed by atoms with Gasteiger partial charge in [-0.2, -0.15) is 0 Å². The number of hydrogen-bond donors (Lipinski definition) is 1. The summed E-state index contributed by atoms with van der Waals surface area (Å²) in [5, 5.41) is 2.90. The molecule has 6 nitrogen and oxygen atoms in total. The monoisotopic (exact) mass is 342 g/mol. The van der Waals surface area contributed by atoms with Crippen molar-refractivity contribution in [3.05, 3.63) is 29.8 Å². The number of nitrogens with zero attached hydrogens (tertiary/aromatic N) is 3. The van der Waals surface area contributed by atoms with Gasteiger partial charge in [-0.3, -0.25) is 9.79 Å². The third kappa shape index (κ3) is 4.18. The van der Waals surface area contributed by atoms with E-state index in [1.54, 1.807) is 13.4 Å². The number of benzene rings is 1. The van der Waals surface area contributed by atoms with Gasteiger partial charge in [-0.15, -0.1) is 0 Å². The van der Waals surface area contributed by atoms with Crippen LogP contribution in [0, 0.1) is 0 Å². The van der Waals surface area contributed by atoms with Crippen LogP contribution in [0.2, 0.25) is 0 Å². The van der Waals surface area contributed by atoms with Gasteiger partial charge in [0.15, 0.2) is 12.2 Å². The van der Waals surface area contributed by atoms with E-state index < -0.39 is 6.04 Å². The van der Waals surface area contributed by atoms with E-state index in [4.69, 9.17) is 9.73 Å². The molecule has 0 aromatic heterocycles. The molecule has 1 aromatic rings. The zero-order valence-corrected chi connectivity index (χ0v) is 14.9. The number of amidine groups is 1. The molecule has 2 aliphatic rings. The zero-order chi connectivity index (χ0) is 17.6. The van der Waals surface area contributed by atoms with Crippen molar-refractivity contribution >= 4 is 18.1 Å². The third-order valence-electron chi connectivity index (χ3n) is 4.62. The molecule has 2 heterocycles. The molecule has 0 saturated carbocycles. The Bertz CT molecular complexity index is 654. The van der Waals surface area contributed by atoms with Crippen molar-refractivity contribution in [3.63, 3.8) is 0 Å². The molecule has 0 bridgehead atoms. The Balaban J connectivity index is 1.65. The molecule has 0 fully saturated rings. The summed E-state index contributed by atoms with van der Waals surface area (Å²) in [5.41, 5.74) is 1.09. The van der Waals surface area contributed by atoms with Crippen LogP contribution in [0.15, 0.2) is 34.3 Å². The second-order valence-corrected chi connectivity index (χ2v) is 6.51. The first-order valence-electron chi connectivity index (χ1n) is 9.00. The number of unbranched alkanes of at least 4 members (excludes halogenated alkanes) is 3. The first kappa shape index (κ1) is 17.5. The normalized spacial score (nSPS) is 21.8. The van der Waals surface area contributed by atoms with Crippen LogP contribution in [0.25, 0.3) is 0 Å². The average Bonchev–Trinajstić information content (AvgIpc) is 3.03. The minimum absolute atomic E-state index is 0.0594. The Morgan fingerprint density at radius 3 is 2.72 bits per heavy atom. The zero-order valence-electron chi connectivity index (χ0n) is 14.9. The van der Waals surface area contributed by atoms with Gasteiger partial charge < -0.3 is 15.0 Å². The van der Waals surface area contributed by atoms with Gasteiger partial charge in [0, 0.05) is 13.0 Å². The van der Waals surface area contributed by atoms with Crippen molar-refractivity contribution < 1.29 is 9.53 Å². The van der Waals surface area contributed by atoms with Crippen LogP contribution in [-0.2, 0) is 11.2 Å². The van der Waals surface area contributed by atoms with Crippen molar-refractivity contribution in [1.29, 1.82) is 0 Å². The first-order chi connectivity index (χ1) is 12.2. The van der Waals surface area contributed by atoms with E-state index in [1.807, 2.05) is 24.3 Å². The summed E-state index contributed by atoms with van der Waals surface area (Å²) in [4.78, 5) is 23.6. The van der Waals surface area contributed by atoms with E-state index in [1.165, 1.54) is 19.3 Å². The number of ether oxygens (including phenoxy) is 1. The molecule has 2 atom stereocenters. The molecule has 0 aliphatic carbocycles. The number of methoxy groups -OCH3 is 1.